The van der Waals surface area contributed by atoms with Crippen LogP contribution in [0, 0.1) is 0 Å². The smallest absolute Gasteiger partial charge is 0.153 e. The molecule has 7 heteroatoms. The maximum atomic E-state index is 6.25. The van der Waals surface area contributed by atoms with E-state index in [-0.39, 0.29) is 6.04 Å². The molecule has 1 atom stereocenters. The lowest BCUT2D eigenvalue weighted by molar-refractivity contribution is 0.597. The normalized spacial score (nSPS) is 12.7. The average Bonchev–Trinajstić information content (AvgIpc) is 2.67. The molecule has 1 aromatic heterocycles. The molecule has 0 radical (unpaired) electrons. The number of aryl methyl sites for hydroxylation is 1. The Morgan fingerprint density at radius 2 is 2.11 bits per heavy atom. The van der Waals surface area contributed by atoms with Crippen molar-refractivity contribution in [2.24, 2.45) is 7.05 Å². The molecular weight excluding hydrogens is 339 g/mol. The highest BCUT2D eigenvalue weighted by molar-refractivity contribution is 9.10. The standard InChI is InChI=1S/C11H11BrCl2N4/c1-15-9(10-11(12)16-17-18(10)2)6-4-3-5-7(13)8(6)14/h3-5,9,15H,1-2H3. The highest BCUT2D eigenvalue weighted by Crippen LogP contribution is 2.34. The van der Waals surface area contributed by atoms with E-state index in [2.05, 4.69) is 31.6 Å². The van der Waals surface area contributed by atoms with Crippen molar-refractivity contribution in [2.75, 3.05) is 7.05 Å². The fourth-order valence-corrected chi connectivity index (χ4v) is 2.80. The van der Waals surface area contributed by atoms with Crippen LogP contribution in [0.3, 0.4) is 0 Å². The lowest BCUT2D eigenvalue weighted by Gasteiger charge is -2.18. The Morgan fingerprint density at radius 1 is 1.39 bits per heavy atom. The lowest BCUT2D eigenvalue weighted by atomic mass is 10.0. The number of hydrogen-bond donors (Lipinski definition) is 1. The van der Waals surface area contributed by atoms with Crippen LogP contribution < -0.4 is 5.32 Å². The molecule has 1 N–H and O–H groups in total. The van der Waals surface area contributed by atoms with Crippen LogP contribution >= 0.6 is 39.1 Å². The molecule has 0 bridgehead atoms. The summed E-state index contributed by atoms with van der Waals surface area (Å²) in [7, 11) is 3.68. The number of halogens is 3. The van der Waals surface area contributed by atoms with Crippen molar-refractivity contribution in [3.63, 3.8) is 0 Å². The topological polar surface area (TPSA) is 42.7 Å². The second kappa shape index (κ2) is 5.57. The molecule has 0 aliphatic heterocycles. The molecule has 0 aliphatic rings. The molecule has 0 saturated carbocycles. The SMILES string of the molecule is CNC(c1cccc(Cl)c1Cl)c1c(Br)nnn1C. The summed E-state index contributed by atoms with van der Waals surface area (Å²) < 4.78 is 2.38. The molecule has 1 unspecified atom stereocenters. The molecule has 4 nitrogen and oxygen atoms in total. The molecular formula is C11H11BrCl2N4. The molecule has 0 spiro atoms. The van der Waals surface area contributed by atoms with Crippen LogP contribution in [-0.2, 0) is 7.05 Å². The highest BCUT2D eigenvalue weighted by atomic mass is 79.9. The largest absolute Gasteiger partial charge is 0.308 e. The van der Waals surface area contributed by atoms with Gasteiger partial charge in [-0.1, -0.05) is 40.5 Å². The lowest BCUT2D eigenvalue weighted by Crippen LogP contribution is -2.21. The summed E-state index contributed by atoms with van der Waals surface area (Å²) in [5.41, 5.74) is 1.78. The van der Waals surface area contributed by atoms with Crippen LogP contribution in [0.1, 0.15) is 17.3 Å². The quantitative estimate of drug-likeness (QED) is 0.925. The van der Waals surface area contributed by atoms with Gasteiger partial charge >= 0.3 is 0 Å². The number of hydrogen-bond acceptors (Lipinski definition) is 3. The second-order valence-electron chi connectivity index (χ2n) is 3.75. The third kappa shape index (κ3) is 2.40. The number of rotatable bonds is 3. The van der Waals surface area contributed by atoms with E-state index >= 15 is 0 Å². The molecule has 0 aliphatic carbocycles. The molecule has 1 aromatic carbocycles. The van der Waals surface area contributed by atoms with Gasteiger partial charge in [0.1, 0.15) is 0 Å². The van der Waals surface area contributed by atoms with Crippen molar-refractivity contribution < 1.29 is 0 Å². The van der Waals surface area contributed by atoms with Crippen LogP contribution in [-0.4, -0.2) is 22.0 Å². The van der Waals surface area contributed by atoms with E-state index in [9.17, 15) is 0 Å². The number of benzene rings is 1. The van der Waals surface area contributed by atoms with Crippen molar-refractivity contribution in [1.82, 2.24) is 20.3 Å². The zero-order valence-electron chi connectivity index (χ0n) is 9.78. The van der Waals surface area contributed by atoms with E-state index in [0.29, 0.717) is 14.6 Å². The van der Waals surface area contributed by atoms with Crippen LogP contribution in [0.2, 0.25) is 10.0 Å². The zero-order valence-corrected chi connectivity index (χ0v) is 12.9. The van der Waals surface area contributed by atoms with Gasteiger partial charge in [-0.3, -0.25) is 0 Å². The Morgan fingerprint density at radius 3 is 2.67 bits per heavy atom. The number of nitrogens with zero attached hydrogens (tertiary/aromatic N) is 3. The van der Waals surface area contributed by atoms with Crippen molar-refractivity contribution >= 4 is 39.1 Å². The fourth-order valence-electron chi connectivity index (χ4n) is 1.83. The predicted molar refractivity (Wildman–Crippen MR) is 76.1 cm³/mol. The summed E-state index contributed by atoms with van der Waals surface area (Å²) in [5.74, 6) is 0. The van der Waals surface area contributed by atoms with E-state index in [1.165, 1.54) is 0 Å². The molecule has 2 aromatic rings. The first-order chi connectivity index (χ1) is 8.56. The fraction of sp³-hybridized carbons (Fsp3) is 0.273. The van der Waals surface area contributed by atoms with Crippen LogP contribution in [0.15, 0.2) is 22.8 Å². The third-order valence-electron chi connectivity index (χ3n) is 2.68. The maximum Gasteiger partial charge on any atom is 0.153 e. The molecule has 2 rings (SSSR count). The molecule has 18 heavy (non-hydrogen) atoms. The predicted octanol–water partition coefficient (Wildman–Crippen LogP) is 3.19. The number of nitrogens with one attached hydrogen (secondary N) is 1. The van der Waals surface area contributed by atoms with Crippen molar-refractivity contribution in [3.05, 3.63) is 44.1 Å². The maximum absolute atomic E-state index is 6.25. The Kier molecular flexibility index (Phi) is 4.27. The van der Waals surface area contributed by atoms with Gasteiger partial charge < -0.3 is 5.32 Å². The summed E-state index contributed by atoms with van der Waals surface area (Å²) in [6, 6.07) is 5.42. The molecule has 1 heterocycles. The van der Waals surface area contributed by atoms with E-state index in [1.807, 2.05) is 26.2 Å². The summed E-state index contributed by atoms with van der Waals surface area (Å²) >= 11 is 15.7. The number of aromatic nitrogens is 3. The summed E-state index contributed by atoms with van der Waals surface area (Å²) in [4.78, 5) is 0. The molecule has 0 saturated heterocycles. The third-order valence-corrected chi connectivity index (χ3v) is 4.08. The van der Waals surface area contributed by atoms with E-state index in [4.69, 9.17) is 23.2 Å². The summed E-state index contributed by atoms with van der Waals surface area (Å²) in [5, 5.41) is 12.2. The van der Waals surface area contributed by atoms with E-state index in [0.717, 1.165) is 11.3 Å². The van der Waals surface area contributed by atoms with Gasteiger partial charge in [-0.2, -0.15) is 0 Å². The van der Waals surface area contributed by atoms with Crippen LogP contribution in [0.5, 0.6) is 0 Å². The zero-order chi connectivity index (χ0) is 13.3. The van der Waals surface area contributed by atoms with Gasteiger partial charge in [0, 0.05) is 7.05 Å². The van der Waals surface area contributed by atoms with Gasteiger partial charge in [0.05, 0.1) is 21.8 Å². The van der Waals surface area contributed by atoms with Crippen molar-refractivity contribution in [1.29, 1.82) is 0 Å². The van der Waals surface area contributed by atoms with Gasteiger partial charge in [0.15, 0.2) is 4.60 Å². The van der Waals surface area contributed by atoms with Gasteiger partial charge in [-0.05, 0) is 34.6 Å². The highest BCUT2D eigenvalue weighted by Gasteiger charge is 2.23. The minimum absolute atomic E-state index is 0.134. The van der Waals surface area contributed by atoms with Gasteiger partial charge in [-0.25, -0.2) is 4.68 Å². The minimum Gasteiger partial charge on any atom is -0.308 e. The van der Waals surface area contributed by atoms with Crippen LogP contribution in [0.25, 0.3) is 0 Å². The van der Waals surface area contributed by atoms with E-state index < -0.39 is 0 Å². The van der Waals surface area contributed by atoms with Gasteiger partial charge in [-0.15, -0.1) is 5.10 Å². The minimum atomic E-state index is -0.134. The second-order valence-corrected chi connectivity index (χ2v) is 5.29. The van der Waals surface area contributed by atoms with E-state index in [1.54, 1.807) is 10.7 Å². The average molecular weight is 350 g/mol. The Labute approximate surface area is 123 Å². The first-order valence-corrected chi connectivity index (χ1v) is 6.77. The Hall–Kier alpha value is -0.620. The Bertz CT molecular complexity index is 551. The van der Waals surface area contributed by atoms with Gasteiger partial charge in [0.2, 0.25) is 0 Å². The van der Waals surface area contributed by atoms with Crippen molar-refractivity contribution in [3.8, 4) is 0 Å². The summed E-state index contributed by atoms with van der Waals surface area (Å²) in [6.07, 6.45) is 0. The van der Waals surface area contributed by atoms with Gasteiger partial charge in [0.25, 0.3) is 0 Å². The van der Waals surface area contributed by atoms with Crippen molar-refractivity contribution in [2.45, 2.75) is 6.04 Å². The first-order valence-electron chi connectivity index (χ1n) is 5.22. The molecule has 0 amide bonds. The van der Waals surface area contributed by atoms with Crippen LogP contribution in [0.4, 0.5) is 0 Å². The molecule has 0 fully saturated rings. The Balaban J connectivity index is 2.56. The molecule has 96 valence electrons. The monoisotopic (exact) mass is 348 g/mol. The first kappa shape index (κ1) is 13.8. The summed E-state index contributed by atoms with van der Waals surface area (Å²) in [6.45, 7) is 0.